The summed E-state index contributed by atoms with van der Waals surface area (Å²) in [6.45, 7) is 2.26. The number of rotatable bonds is 4. The number of aromatic nitrogens is 4. The van der Waals surface area contributed by atoms with Crippen molar-refractivity contribution in [2.75, 3.05) is 11.4 Å². The van der Waals surface area contributed by atoms with Gasteiger partial charge in [-0.2, -0.15) is 0 Å². The molecular weight excluding hydrogens is 314 g/mol. The van der Waals surface area contributed by atoms with Crippen LogP contribution in [0.15, 0.2) is 55.0 Å². The van der Waals surface area contributed by atoms with Crippen molar-refractivity contribution < 1.29 is 5.11 Å². The van der Waals surface area contributed by atoms with Crippen molar-refractivity contribution in [3.8, 4) is 0 Å². The Bertz CT molecular complexity index is 833. The summed E-state index contributed by atoms with van der Waals surface area (Å²) >= 11 is 0. The number of anilines is 1. The van der Waals surface area contributed by atoms with E-state index in [0.29, 0.717) is 13.1 Å². The van der Waals surface area contributed by atoms with Gasteiger partial charge in [0, 0.05) is 30.2 Å². The molecule has 0 fully saturated rings. The average Bonchev–Trinajstić information content (AvgIpc) is 3.01. The molecule has 3 heterocycles. The van der Waals surface area contributed by atoms with Crippen LogP contribution in [0.4, 0.5) is 5.69 Å². The highest BCUT2D eigenvalue weighted by Gasteiger charge is 2.21. The molecule has 0 radical (unpaired) electrons. The molecule has 4 rings (SSSR count). The lowest BCUT2D eigenvalue weighted by Gasteiger charge is -2.24. The lowest BCUT2D eigenvalue weighted by Crippen LogP contribution is -2.23. The van der Waals surface area contributed by atoms with Gasteiger partial charge >= 0.3 is 0 Å². The van der Waals surface area contributed by atoms with E-state index >= 15 is 0 Å². The van der Waals surface area contributed by atoms with Gasteiger partial charge in [-0.1, -0.05) is 29.5 Å². The zero-order valence-corrected chi connectivity index (χ0v) is 14.0. The van der Waals surface area contributed by atoms with Gasteiger partial charge in [0.15, 0.2) is 0 Å². The van der Waals surface area contributed by atoms with Crippen LogP contribution in [0.1, 0.15) is 35.8 Å². The number of hydrogen-bond acceptors (Lipinski definition) is 5. The maximum absolute atomic E-state index is 10.3. The molecule has 3 aromatic rings. The predicted octanol–water partition coefficient (Wildman–Crippen LogP) is 2.56. The molecule has 128 valence electrons. The Labute approximate surface area is 146 Å². The molecule has 1 aliphatic rings. The van der Waals surface area contributed by atoms with Crippen molar-refractivity contribution >= 4 is 5.69 Å². The number of aliphatic hydroxyl groups excluding tert-OH is 1. The van der Waals surface area contributed by atoms with E-state index in [1.165, 1.54) is 0 Å². The smallest absolute Gasteiger partial charge is 0.102 e. The molecule has 1 N–H and O–H groups in total. The Kier molecular flexibility index (Phi) is 4.43. The maximum atomic E-state index is 10.3. The number of nitrogens with zero attached hydrogens (tertiary/aromatic N) is 5. The minimum atomic E-state index is -0.387. The molecule has 1 unspecified atom stereocenters. The summed E-state index contributed by atoms with van der Waals surface area (Å²) in [4.78, 5) is 6.41. The first kappa shape index (κ1) is 15.8. The van der Waals surface area contributed by atoms with Crippen LogP contribution in [0, 0.1) is 0 Å². The van der Waals surface area contributed by atoms with Crippen molar-refractivity contribution in [2.45, 2.75) is 32.0 Å². The van der Waals surface area contributed by atoms with E-state index in [1.807, 2.05) is 47.4 Å². The van der Waals surface area contributed by atoms with E-state index in [4.69, 9.17) is 0 Å². The molecule has 1 aliphatic heterocycles. The first-order valence-corrected chi connectivity index (χ1v) is 8.59. The third-order valence-corrected chi connectivity index (χ3v) is 4.55. The van der Waals surface area contributed by atoms with E-state index in [9.17, 15) is 5.11 Å². The van der Waals surface area contributed by atoms with Crippen molar-refractivity contribution in [1.82, 2.24) is 20.0 Å². The van der Waals surface area contributed by atoms with E-state index in [-0.39, 0.29) is 6.10 Å². The zero-order valence-electron chi connectivity index (χ0n) is 14.0. The van der Waals surface area contributed by atoms with Crippen LogP contribution in [0.2, 0.25) is 0 Å². The largest absolute Gasteiger partial charge is 0.388 e. The zero-order chi connectivity index (χ0) is 17.1. The monoisotopic (exact) mass is 335 g/mol. The Morgan fingerprint density at radius 2 is 2.04 bits per heavy atom. The number of pyridine rings is 1. The highest BCUT2D eigenvalue weighted by Crippen LogP contribution is 2.33. The van der Waals surface area contributed by atoms with Gasteiger partial charge in [-0.05, 0) is 30.5 Å². The highest BCUT2D eigenvalue weighted by atomic mass is 16.3. The summed E-state index contributed by atoms with van der Waals surface area (Å²) in [6, 6.07) is 12.0. The maximum Gasteiger partial charge on any atom is 0.102 e. The van der Waals surface area contributed by atoms with Gasteiger partial charge in [-0.25, -0.2) is 4.68 Å². The molecule has 0 saturated heterocycles. The van der Waals surface area contributed by atoms with E-state index in [1.54, 1.807) is 6.20 Å². The van der Waals surface area contributed by atoms with Crippen molar-refractivity contribution in [3.63, 3.8) is 0 Å². The normalized spacial score (nSPS) is 17.2. The fourth-order valence-corrected chi connectivity index (χ4v) is 3.34. The second-order valence-corrected chi connectivity index (χ2v) is 6.41. The molecular formula is C19H21N5O. The molecule has 6 nitrogen and oxygen atoms in total. The topological polar surface area (TPSA) is 67.1 Å². The van der Waals surface area contributed by atoms with E-state index in [2.05, 4.69) is 26.3 Å². The van der Waals surface area contributed by atoms with Crippen LogP contribution >= 0.6 is 0 Å². The number of para-hydroxylation sites is 1. The minimum Gasteiger partial charge on any atom is -0.388 e. The van der Waals surface area contributed by atoms with Gasteiger partial charge in [0.2, 0.25) is 0 Å². The minimum absolute atomic E-state index is 0.387. The third-order valence-electron chi connectivity index (χ3n) is 4.55. The van der Waals surface area contributed by atoms with Crippen molar-refractivity contribution in [2.24, 2.45) is 0 Å². The standard InChI is InChI=1S/C19H21N5O/c25-19-8-4-10-23(18-7-2-1-6-17(18)19)13-16-14-24(22-21-16)12-15-5-3-9-20-11-15/h1-3,5-7,9,11,14,19,25H,4,8,10,12-13H2. The number of benzene rings is 1. The first-order valence-electron chi connectivity index (χ1n) is 8.59. The van der Waals surface area contributed by atoms with Crippen LogP contribution in [-0.4, -0.2) is 31.6 Å². The predicted molar refractivity (Wildman–Crippen MR) is 95.0 cm³/mol. The SMILES string of the molecule is OC1CCCN(Cc2cn(Cc3cccnc3)nn2)c2ccccc21. The summed E-state index contributed by atoms with van der Waals surface area (Å²) in [5.41, 5.74) is 4.12. The molecule has 6 heteroatoms. The van der Waals surface area contributed by atoms with E-state index in [0.717, 1.165) is 41.9 Å². The Morgan fingerprint density at radius 1 is 1.12 bits per heavy atom. The summed E-state index contributed by atoms with van der Waals surface area (Å²) in [5.74, 6) is 0. The third kappa shape index (κ3) is 3.53. The summed E-state index contributed by atoms with van der Waals surface area (Å²) in [7, 11) is 0. The number of hydrogen-bond donors (Lipinski definition) is 1. The van der Waals surface area contributed by atoms with Crippen LogP contribution in [0.3, 0.4) is 0 Å². The first-order chi connectivity index (χ1) is 12.3. The van der Waals surface area contributed by atoms with Gasteiger partial charge in [0.05, 0.1) is 25.4 Å². The molecule has 0 saturated carbocycles. The number of aliphatic hydroxyl groups is 1. The Morgan fingerprint density at radius 3 is 2.92 bits per heavy atom. The van der Waals surface area contributed by atoms with Crippen LogP contribution in [0.5, 0.6) is 0 Å². The molecule has 0 aliphatic carbocycles. The number of fused-ring (bicyclic) bond motifs is 1. The highest BCUT2D eigenvalue weighted by molar-refractivity contribution is 5.55. The Balaban J connectivity index is 1.51. The van der Waals surface area contributed by atoms with E-state index < -0.39 is 0 Å². The fraction of sp³-hybridized carbons (Fsp3) is 0.316. The quantitative estimate of drug-likeness (QED) is 0.794. The molecule has 25 heavy (non-hydrogen) atoms. The van der Waals surface area contributed by atoms with Gasteiger partial charge in [-0.3, -0.25) is 4.98 Å². The van der Waals surface area contributed by atoms with Crippen LogP contribution < -0.4 is 4.90 Å². The molecule has 2 aromatic heterocycles. The molecule has 1 atom stereocenters. The van der Waals surface area contributed by atoms with Gasteiger partial charge < -0.3 is 10.0 Å². The molecule has 0 amide bonds. The van der Waals surface area contributed by atoms with Crippen LogP contribution in [0.25, 0.3) is 0 Å². The second kappa shape index (κ2) is 7.03. The van der Waals surface area contributed by atoms with Gasteiger partial charge in [0.25, 0.3) is 0 Å². The van der Waals surface area contributed by atoms with Gasteiger partial charge in [-0.15, -0.1) is 5.10 Å². The molecule has 0 spiro atoms. The summed E-state index contributed by atoms with van der Waals surface area (Å²) in [5, 5.41) is 18.9. The van der Waals surface area contributed by atoms with Crippen molar-refractivity contribution in [3.05, 3.63) is 71.8 Å². The second-order valence-electron chi connectivity index (χ2n) is 6.41. The average molecular weight is 335 g/mol. The summed E-state index contributed by atoms with van der Waals surface area (Å²) in [6.07, 6.45) is 6.95. The Hall–Kier alpha value is -2.73. The van der Waals surface area contributed by atoms with Crippen molar-refractivity contribution in [1.29, 1.82) is 0 Å². The van der Waals surface area contributed by atoms with Gasteiger partial charge in [0.1, 0.15) is 5.69 Å². The van der Waals surface area contributed by atoms with Crippen LogP contribution in [-0.2, 0) is 13.1 Å². The molecule has 1 aromatic carbocycles. The fourth-order valence-electron chi connectivity index (χ4n) is 3.34. The lowest BCUT2D eigenvalue weighted by atomic mass is 10.0. The molecule has 0 bridgehead atoms. The lowest BCUT2D eigenvalue weighted by molar-refractivity contribution is 0.168. The summed E-state index contributed by atoms with van der Waals surface area (Å²) < 4.78 is 1.84.